The van der Waals surface area contributed by atoms with Gasteiger partial charge in [0.15, 0.2) is 5.11 Å². The molecule has 0 radical (unpaired) electrons. The smallest absolute Gasteiger partial charge is 0.341 e. The van der Waals surface area contributed by atoms with Crippen molar-refractivity contribution >= 4 is 45.3 Å². The zero-order valence-electron chi connectivity index (χ0n) is 15.7. The number of thiophene rings is 1. The van der Waals surface area contributed by atoms with Gasteiger partial charge < -0.3 is 25.0 Å². The van der Waals surface area contributed by atoms with Gasteiger partial charge in [-0.3, -0.25) is 0 Å². The summed E-state index contributed by atoms with van der Waals surface area (Å²) in [7, 11) is 1.42. The quantitative estimate of drug-likeness (QED) is 0.587. The highest BCUT2D eigenvalue weighted by molar-refractivity contribution is 7.80. The summed E-state index contributed by atoms with van der Waals surface area (Å²) >= 11 is 7.24. The molecule has 148 valence electrons. The van der Waals surface area contributed by atoms with Crippen LogP contribution in [0.5, 0.6) is 5.75 Å². The highest BCUT2D eigenvalue weighted by atomic mass is 32.1. The number of ether oxygens (including phenoxy) is 1. The molecule has 0 bridgehead atoms. The molecule has 2 N–H and O–H groups in total. The van der Waals surface area contributed by atoms with E-state index in [0.29, 0.717) is 16.4 Å². The number of carbonyl (C=O) groups excluding carboxylic acids is 1. The van der Waals surface area contributed by atoms with Crippen molar-refractivity contribution in [1.29, 1.82) is 0 Å². The van der Waals surface area contributed by atoms with Gasteiger partial charge in [-0.05, 0) is 49.2 Å². The third-order valence-corrected chi connectivity index (χ3v) is 6.89. The number of hydrogen-bond donors (Lipinski definition) is 2. The Hall–Kier alpha value is -2.32. The van der Waals surface area contributed by atoms with Crippen molar-refractivity contribution in [2.45, 2.75) is 19.3 Å². The molecule has 1 aromatic carbocycles. The van der Waals surface area contributed by atoms with Crippen LogP contribution in [0.3, 0.4) is 0 Å². The number of para-hydroxylation sites is 2. The molecule has 1 aliphatic carbocycles. The summed E-state index contributed by atoms with van der Waals surface area (Å²) in [5, 5.41) is 14.8. The second kappa shape index (κ2) is 7.97. The van der Waals surface area contributed by atoms with Crippen molar-refractivity contribution in [3.63, 3.8) is 0 Å². The monoisotopic (exact) mass is 417 g/mol. The Morgan fingerprint density at radius 2 is 1.96 bits per heavy atom. The molecule has 1 fully saturated rings. The lowest BCUT2D eigenvalue weighted by Gasteiger charge is -2.37. The van der Waals surface area contributed by atoms with Gasteiger partial charge in [-0.25, -0.2) is 4.79 Å². The van der Waals surface area contributed by atoms with E-state index in [1.54, 1.807) is 17.4 Å². The Balaban J connectivity index is 1.43. The lowest BCUT2D eigenvalue weighted by atomic mass is 10.1. The summed E-state index contributed by atoms with van der Waals surface area (Å²) in [4.78, 5) is 17.8. The average Bonchev–Trinajstić information content (AvgIpc) is 3.28. The van der Waals surface area contributed by atoms with Gasteiger partial charge in [0.25, 0.3) is 0 Å². The van der Waals surface area contributed by atoms with E-state index in [0.717, 1.165) is 61.7 Å². The summed E-state index contributed by atoms with van der Waals surface area (Å²) < 4.78 is 5.00. The molecule has 0 atom stereocenters. The van der Waals surface area contributed by atoms with Gasteiger partial charge in [0.2, 0.25) is 0 Å². The molecule has 1 aromatic heterocycles. The number of methoxy groups -OCH3 is 1. The van der Waals surface area contributed by atoms with E-state index in [2.05, 4.69) is 15.1 Å². The van der Waals surface area contributed by atoms with Crippen LogP contribution >= 0.6 is 23.6 Å². The molecule has 0 amide bonds. The van der Waals surface area contributed by atoms with Crippen molar-refractivity contribution < 1.29 is 14.6 Å². The van der Waals surface area contributed by atoms with Crippen LogP contribution in [-0.4, -0.2) is 54.4 Å². The van der Waals surface area contributed by atoms with Crippen LogP contribution in [-0.2, 0) is 17.6 Å². The number of hydrogen-bond acceptors (Lipinski definition) is 6. The Morgan fingerprint density at radius 3 is 2.68 bits per heavy atom. The van der Waals surface area contributed by atoms with E-state index in [1.807, 2.05) is 18.2 Å². The molecule has 0 spiro atoms. The minimum absolute atomic E-state index is 0.297. The molecular formula is C20H23N3O3S2. The Labute approximate surface area is 173 Å². The zero-order chi connectivity index (χ0) is 19.7. The van der Waals surface area contributed by atoms with Crippen LogP contribution in [0.4, 0.5) is 10.7 Å². The van der Waals surface area contributed by atoms with Gasteiger partial charge in [0, 0.05) is 31.1 Å². The number of piperazine rings is 1. The summed E-state index contributed by atoms with van der Waals surface area (Å²) in [6.07, 6.45) is 3.02. The minimum Gasteiger partial charge on any atom is -0.506 e. The van der Waals surface area contributed by atoms with Crippen LogP contribution in [0.25, 0.3) is 0 Å². The van der Waals surface area contributed by atoms with E-state index in [-0.39, 0.29) is 5.97 Å². The maximum Gasteiger partial charge on any atom is 0.341 e. The second-order valence-corrected chi connectivity index (χ2v) is 8.44. The first-order valence-corrected chi connectivity index (χ1v) is 10.6. The number of nitrogens with one attached hydrogen (secondary N) is 1. The normalized spacial score (nSPS) is 16.0. The standard InChI is InChI=1S/C20H23N3O3S2/c1-26-19(25)17-13-5-4-8-16(13)28-18(17)21-20(27)23-11-9-22(10-12-23)14-6-2-3-7-15(14)24/h2-3,6-7,24H,4-5,8-12H2,1H3,(H,21,27). The Morgan fingerprint density at radius 1 is 1.21 bits per heavy atom. The fraction of sp³-hybridized carbons (Fsp3) is 0.400. The molecule has 2 aliphatic rings. The van der Waals surface area contributed by atoms with E-state index in [1.165, 1.54) is 12.0 Å². The molecule has 0 unspecified atom stereocenters. The molecule has 2 heterocycles. The van der Waals surface area contributed by atoms with Crippen LogP contribution in [0, 0.1) is 0 Å². The SMILES string of the molecule is COC(=O)c1c(NC(=S)N2CCN(c3ccccc3O)CC2)sc2c1CCC2. The van der Waals surface area contributed by atoms with Crippen molar-refractivity contribution in [3.05, 3.63) is 40.3 Å². The van der Waals surface area contributed by atoms with Crippen molar-refractivity contribution in [1.82, 2.24) is 4.90 Å². The number of phenolic OH excluding ortho intramolecular Hbond substituents is 1. The predicted octanol–water partition coefficient (Wildman–Crippen LogP) is 3.25. The summed E-state index contributed by atoms with van der Waals surface area (Å²) in [6.45, 7) is 3.03. The molecule has 6 nitrogen and oxygen atoms in total. The average molecular weight is 418 g/mol. The number of aromatic hydroxyl groups is 1. The Kier molecular flexibility index (Phi) is 5.41. The fourth-order valence-corrected chi connectivity index (χ4v) is 5.49. The summed E-state index contributed by atoms with van der Waals surface area (Å²) in [5.41, 5.74) is 2.62. The first-order valence-electron chi connectivity index (χ1n) is 9.40. The molecule has 8 heteroatoms. The number of fused-ring (bicyclic) bond motifs is 1. The lowest BCUT2D eigenvalue weighted by molar-refractivity contribution is 0.0601. The zero-order valence-corrected chi connectivity index (χ0v) is 17.4. The number of benzene rings is 1. The largest absolute Gasteiger partial charge is 0.506 e. The Bertz CT molecular complexity index is 904. The van der Waals surface area contributed by atoms with Crippen LogP contribution in [0.1, 0.15) is 27.2 Å². The van der Waals surface area contributed by atoms with Crippen molar-refractivity contribution in [2.75, 3.05) is 43.5 Å². The highest BCUT2D eigenvalue weighted by Gasteiger charge is 2.29. The van der Waals surface area contributed by atoms with Crippen molar-refractivity contribution in [3.8, 4) is 5.75 Å². The van der Waals surface area contributed by atoms with E-state index < -0.39 is 0 Å². The number of carbonyl (C=O) groups is 1. The second-order valence-electron chi connectivity index (χ2n) is 6.95. The summed E-state index contributed by atoms with van der Waals surface area (Å²) in [5.74, 6) is 0.00143. The number of nitrogens with zero attached hydrogens (tertiary/aromatic N) is 2. The van der Waals surface area contributed by atoms with Gasteiger partial charge in [0.05, 0.1) is 18.4 Å². The summed E-state index contributed by atoms with van der Waals surface area (Å²) in [6, 6.07) is 7.39. The maximum absolute atomic E-state index is 12.3. The van der Waals surface area contributed by atoms with Gasteiger partial charge in [0.1, 0.15) is 10.8 Å². The van der Waals surface area contributed by atoms with Crippen LogP contribution in [0.2, 0.25) is 0 Å². The predicted molar refractivity (Wildman–Crippen MR) is 116 cm³/mol. The molecule has 1 aliphatic heterocycles. The number of rotatable bonds is 3. The van der Waals surface area contributed by atoms with E-state index >= 15 is 0 Å². The van der Waals surface area contributed by atoms with Gasteiger partial charge >= 0.3 is 5.97 Å². The fourth-order valence-electron chi connectivity index (χ4n) is 3.87. The maximum atomic E-state index is 12.3. The molecule has 4 rings (SSSR count). The number of anilines is 2. The highest BCUT2D eigenvalue weighted by Crippen LogP contribution is 2.39. The van der Waals surface area contributed by atoms with Crippen LogP contribution < -0.4 is 10.2 Å². The third-order valence-electron chi connectivity index (χ3n) is 5.32. The van der Waals surface area contributed by atoms with E-state index in [4.69, 9.17) is 17.0 Å². The molecule has 2 aromatic rings. The minimum atomic E-state index is -0.297. The number of aryl methyl sites for hydroxylation is 1. The molecular weight excluding hydrogens is 394 g/mol. The first-order chi connectivity index (χ1) is 13.6. The van der Waals surface area contributed by atoms with Crippen LogP contribution in [0.15, 0.2) is 24.3 Å². The number of phenols is 1. The number of esters is 1. The molecule has 28 heavy (non-hydrogen) atoms. The van der Waals surface area contributed by atoms with Gasteiger partial charge in [-0.15, -0.1) is 11.3 Å². The third kappa shape index (κ3) is 3.54. The van der Waals surface area contributed by atoms with Gasteiger partial charge in [-0.1, -0.05) is 12.1 Å². The molecule has 1 saturated heterocycles. The molecule has 0 saturated carbocycles. The topological polar surface area (TPSA) is 65.0 Å². The van der Waals surface area contributed by atoms with E-state index in [9.17, 15) is 9.90 Å². The van der Waals surface area contributed by atoms with Gasteiger partial charge in [-0.2, -0.15) is 0 Å². The number of thiocarbonyl (C=S) groups is 1. The van der Waals surface area contributed by atoms with Crippen molar-refractivity contribution in [2.24, 2.45) is 0 Å². The lowest BCUT2D eigenvalue weighted by Crippen LogP contribution is -2.50. The first kappa shape index (κ1) is 19.0.